The van der Waals surface area contributed by atoms with Crippen molar-refractivity contribution in [1.29, 1.82) is 0 Å². The van der Waals surface area contributed by atoms with Gasteiger partial charge in [0.25, 0.3) is 0 Å². The zero-order chi connectivity index (χ0) is 14.9. The molecular weight excluding hydrogens is 284 g/mol. The van der Waals surface area contributed by atoms with Gasteiger partial charge in [0.15, 0.2) is 5.13 Å². The number of aromatic nitrogens is 1. The molecule has 110 valence electrons. The van der Waals surface area contributed by atoms with Crippen LogP contribution in [0.1, 0.15) is 31.0 Å². The summed E-state index contributed by atoms with van der Waals surface area (Å²) in [6.07, 6.45) is 5.32. The average molecular weight is 302 g/mol. The molecule has 0 atom stereocenters. The highest BCUT2D eigenvalue weighted by molar-refractivity contribution is 7.14. The van der Waals surface area contributed by atoms with Crippen molar-refractivity contribution in [3.8, 4) is 0 Å². The standard InChI is InChI=1S/C16H18N2O2S/c1-2-3-11-20-16(19)18-15-17-14(12-21-15)10-9-13-7-5-4-6-8-13/h4-10,12H,2-3,11H2,1H3,(H,17,18,19). The van der Waals surface area contributed by atoms with Crippen molar-refractivity contribution >= 4 is 34.7 Å². The van der Waals surface area contributed by atoms with E-state index in [1.807, 2.05) is 54.8 Å². The van der Waals surface area contributed by atoms with Gasteiger partial charge >= 0.3 is 6.09 Å². The minimum absolute atomic E-state index is 0.439. The van der Waals surface area contributed by atoms with Gasteiger partial charge < -0.3 is 4.74 Å². The fraction of sp³-hybridized carbons (Fsp3) is 0.250. The van der Waals surface area contributed by atoms with E-state index in [1.165, 1.54) is 11.3 Å². The van der Waals surface area contributed by atoms with E-state index in [2.05, 4.69) is 10.3 Å². The third kappa shape index (κ3) is 5.39. The first-order valence-electron chi connectivity index (χ1n) is 6.90. The van der Waals surface area contributed by atoms with Crippen molar-refractivity contribution in [2.24, 2.45) is 0 Å². The average Bonchev–Trinajstić information content (AvgIpc) is 2.94. The van der Waals surface area contributed by atoms with Crippen LogP contribution < -0.4 is 5.32 Å². The predicted molar refractivity (Wildman–Crippen MR) is 87.4 cm³/mol. The Labute approximate surface area is 128 Å². The highest BCUT2D eigenvalue weighted by atomic mass is 32.1. The Morgan fingerprint density at radius 1 is 1.33 bits per heavy atom. The van der Waals surface area contributed by atoms with Crippen molar-refractivity contribution in [2.45, 2.75) is 19.8 Å². The highest BCUT2D eigenvalue weighted by Crippen LogP contribution is 2.17. The Hall–Kier alpha value is -2.14. The van der Waals surface area contributed by atoms with Gasteiger partial charge in [-0.1, -0.05) is 49.8 Å². The minimum atomic E-state index is -0.448. The van der Waals surface area contributed by atoms with E-state index in [0.29, 0.717) is 11.7 Å². The van der Waals surface area contributed by atoms with Crippen LogP contribution in [0.3, 0.4) is 0 Å². The maximum atomic E-state index is 11.5. The maximum Gasteiger partial charge on any atom is 0.413 e. The van der Waals surface area contributed by atoms with Crippen LogP contribution in [-0.4, -0.2) is 17.7 Å². The summed E-state index contributed by atoms with van der Waals surface area (Å²) in [5.41, 5.74) is 1.92. The number of anilines is 1. The van der Waals surface area contributed by atoms with Crippen LogP contribution in [0.25, 0.3) is 12.2 Å². The summed E-state index contributed by atoms with van der Waals surface area (Å²) in [6.45, 7) is 2.49. The number of nitrogens with zero attached hydrogens (tertiary/aromatic N) is 1. The Morgan fingerprint density at radius 3 is 2.90 bits per heavy atom. The van der Waals surface area contributed by atoms with E-state index in [1.54, 1.807) is 0 Å². The van der Waals surface area contributed by atoms with E-state index >= 15 is 0 Å². The third-order valence-corrected chi connectivity index (χ3v) is 3.48. The molecule has 0 bridgehead atoms. The normalized spacial score (nSPS) is 10.7. The van der Waals surface area contributed by atoms with Crippen molar-refractivity contribution in [1.82, 2.24) is 4.98 Å². The zero-order valence-electron chi connectivity index (χ0n) is 11.9. The van der Waals surface area contributed by atoms with Crippen LogP contribution in [-0.2, 0) is 4.74 Å². The number of hydrogen-bond donors (Lipinski definition) is 1. The van der Waals surface area contributed by atoms with Gasteiger partial charge in [-0.3, -0.25) is 5.32 Å². The van der Waals surface area contributed by atoms with Crippen LogP contribution in [0.15, 0.2) is 35.7 Å². The van der Waals surface area contributed by atoms with E-state index < -0.39 is 6.09 Å². The van der Waals surface area contributed by atoms with Crippen LogP contribution in [0, 0.1) is 0 Å². The van der Waals surface area contributed by atoms with Crippen molar-refractivity contribution in [3.05, 3.63) is 47.0 Å². The second-order valence-corrected chi connectivity index (χ2v) is 5.29. The Bertz CT molecular complexity index is 593. The summed E-state index contributed by atoms with van der Waals surface area (Å²) in [7, 11) is 0. The monoisotopic (exact) mass is 302 g/mol. The quantitative estimate of drug-likeness (QED) is 0.789. The molecule has 0 aliphatic rings. The lowest BCUT2D eigenvalue weighted by Gasteiger charge is -2.02. The summed E-state index contributed by atoms with van der Waals surface area (Å²) in [6, 6.07) is 9.99. The number of carbonyl (C=O) groups is 1. The zero-order valence-corrected chi connectivity index (χ0v) is 12.7. The molecule has 4 nitrogen and oxygen atoms in total. The molecule has 1 heterocycles. The number of hydrogen-bond acceptors (Lipinski definition) is 4. The lowest BCUT2D eigenvalue weighted by atomic mass is 10.2. The Kier molecular flexibility index (Phi) is 5.97. The topological polar surface area (TPSA) is 51.2 Å². The van der Waals surface area contributed by atoms with Crippen molar-refractivity contribution < 1.29 is 9.53 Å². The summed E-state index contributed by atoms with van der Waals surface area (Å²) in [5, 5.41) is 5.07. The first-order valence-corrected chi connectivity index (χ1v) is 7.78. The van der Waals surface area contributed by atoms with Gasteiger partial charge in [0.2, 0.25) is 0 Å². The molecule has 0 spiro atoms. The molecule has 2 rings (SSSR count). The molecule has 0 saturated heterocycles. The first-order chi connectivity index (χ1) is 10.3. The molecule has 1 N–H and O–H groups in total. The predicted octanol–water partition coefficient (Wildman–Crippen LogP) is 4.66. The summed E-state index contributed by atoms with van der Waals surface area (Å²) in [5.74, 6) is 0. The molecule has 5 heteroatoms. The second-order valence-electron chi connectivity index (χ2n) is 4.44. The number of amides is 1. The summed E-state index contributed by atoms with van der Waals surface area (Å²) < 4.78 is 5.02. The third-order valence-electron chi connectivity index (χ3n) is 2.71. The molecule has 0 aliphatic carbocycles. The second kappa shape index (κ2) is 8.21. The van der Waals surface area contributed by atoms with Gasteiger partial charge in [-0.15, -0.1) is 11.3 Å². The van der Waals surface area contributed by atoms with Crippen molar-refractivity contribution in [3.63, 3.8) is 0 Å². The molecule has 21 heavy (non-hydrogen) atoms. The Balaban J connectivity index is 1.86. The molecule has 1 amide bonds. The van der Waals surface area contributed by atoms with Crippen molar-refractivity contribution in [2.75, 3.05) is 11.9 Å². The lowest BCUT2D eigenvalue weighted by Crippen LogP contribution is -2.14. The lowest BCUT2D eigenvalue weighted by molar-refractivity contribution is 0.160. The smallest absolute Gasteiger partial charge is 0.413 e. The molecule has 0 aliphatic heterocycles. The van der Waals surface area contributed by atoms with Crippen LogP contribution in [0.2, 0.25) is 0 Å². The molecule has 1 aromatic heterocycles. The number of thiazole rings is 1. The summed E-state index contributed by atoms with van der Waals surface area (Å²) in [4.78, 5) is 15.8. The molecule has 2 aromatic rings. The van der Waals surface area contributed by atoms with Crippen LogP contribution in [0.5, 0.6) is 0 Å². The molecule has 1 aromatic carbocycles. The van der Waals surface area contributed by atoms with E-state index in [-0.39, 0.29) is 0 Å². The van der Waals surface area contributed by atoms with E-state index in [0.717, 1.165) is 24.1 Å². The van der Waals surface area contributed by atoms with E-state index in [9.17, 15) is 4.79 Å². The number of benzene rings is 1. The number of nitrogens with one attached hydrogen (secondary N) is 1. The van der Waals surface area contributed by atoms with Gasteiger partial charge in [0.1, 0.15) is 0 Å². The summed E-state index contributed by atoms with van der Waals surface area (Å²) >= 11 is 1.38. The molecule has 0 fully saturated rings. The van der Waals surface area contributed by atoms with Crippen LogP contribution in [0.4, 0.5) is 9.93 Å². The first kappa shape index (κ1) is 15.3. The number of unbranched alkanes of at least 4 members (excludes halogenated alkanes) is 1. The van der Waals surface area contributed by atoms with Gasteiger partial charge in [-0.2, -0.15) is 0 Å². The highest BCUT2D eigenvalue weighted by Gasteiger charge is 2.05. The SMILES string of the molecule is CCCCOC(=O)Nc1nc(C=Cc2ccccc2)cs1. The Morgan fingerprint density at radius 2 is 2.14 bits per heavy atom. The van der Waals surface area contributed by atoms with Gasteiger partial charge in [-0.25, -0.2) is 9.78 Å². The number of rotatable bonds is 6. The molecule has 0 unspecified atom stereocenters. The minimum Gasteiger partial charge on any atom is -0.449 e. The largest absolute Gasteiger partial charge is 0.449 e. The number of ether oxygens (including phenoxy) is 1. The maximum absolute atomic E-state index is 11.5. The number of carbonyl (C=O) groups excluding carboxylic acids is 1. The fourth-order valence-corrected chi connectivity index (χ4v) is 2.26. The van der Waals surface area contributed by atoms with Gasteiger partial charge in [0.05, 0.1) is 12.3 Å². The molecule has 0 radical (unpaired) electrons. The molecule has 0 saturated carbocycles. The van der Waals surface area contributed by atoms with E-state index in [4.69, 9.17) is 4.74 Å². The van der Waals surface area contributed by atoms with Gasteiger partial charge in [-0.05, 0) is 18.1 Å². The molecular formula is C16H18N2O2S. The fourth-order valence-electron chi connectivity index (χ4n) is 1.60. The van der Waals surface area contributed by atoms with Crippen LogP contribution >= 0.6 is 11.3 Å². The van der Waals surface area contributed by atoms with Gasteiger partial charge in [0, 0.05) is 5.38 Å².